The van der Waals surface area contributed by atoms with Gasteiger partial charge in [0.1, 0.15) is 0 Å². The summed E-state index contributed by atoms with van der Waals surface area (Å²) in [5, 5.41) is 3.44. The van der Waals surface area contributed by atoms with Gasteiger partial charge in [-0.25, -0.2) is 0 Å². The maximum atomic E-state index is 12.9. The number of likely N-dealkylation sites (tertiary alicyclic amines) is 1. The molecule has 0 amide bonds. The lowest BCUT2D eigenvalue weighted by Crippen LogP contribution is -2.49. The average molecular weight is 278 g/mol. The monoisotopic (exact) mass is 278 g/mol. The number of nitrogens with zero attached hydrogens (tertiary/aromatic N) is 1. The van der Waals surface area contributed by atoms with E-state index in [0.717, 1.165) is 44.8 Å². The molecule has 3 fully saturated rings. The standard InChI is InChI=1S/C17H30N2O/c1-13-4-6-14(7-5-13)17(20)16-3-2-12-19(16)15-8-10-18-11-9-15/h13-16,18H,2-12H2,1H3. The van der Waals surface area contributed by atoms with Crippen LogP contribution in [0.25, 0.3) is 0 Å². The van der Waals surface area contributed by atoms with Crippen LogP contribution in [0.3, 0.4) is 0 Å². The highest BCUT2D eigenvalue weighted by atomic mass is 16.1. The number of hydrogen-bond acceptors (Lipinski definition) is 3. The van der Waals surface area contributed by atoms with Crippen LogP contribution in [0, 0.1) is 11.8 Å². The highest BCUT2D eigenvalue weighted by Crippen LogP contribution is 2.33. The molecule has 3 nitrogen and oxygen atoms in total. The fourth-order valence-electron chi connectivity index (χ4n) is 4.49. The van der Waals surface area contributed by atoms with Gasteiger partial charge in [-0.15, -0.1) is 0 Å². The number of ketones is 1. The molecule has 1 atom stereocenters. The predicted molar refractivity (Wildman–Crippen MR) is 81.7 cm³/mol. The number of carbonyl (C=O) groups is 1. The third kappa shape index (κ3) is 3.09. The zero-order chi connectivity index (χ0) is 13.9. The molecule has 0 aromatic heterocycles. The lowest BCUT2D eigenvalue weighted by Gasteiger charge is -2.37. The molecule has 1 unspecified atom stereocenters. The molecule has 1 saturated carbocycles. The Bertz CT molecular complexity index is 330. The first kappa shape index (κ1) is 14.5. The molecule has 1 N–H and O–H groups in total. The van der Waals surface area contributed by atoms with Crippen molar-refractivity contribution in [3.05, 3.63) is 0 Å². The van der Waals surface area contributed by atoms with Crippen molar-refractivity contribution >= 4 is 5.78 Å². The highest BCUT2D eigenvalue weighted by Gasteiger charge is 2.38. The summed E-state index contributed by atoms with van der Waals surface area (Å²) in [6.07, 6.45) is 9.62. The fourth-order valence-corrected chi connectivity index (χ4v) is 4.49. The summed E-state index contributed by atoms with van der Waals surface area (Å²) in [6.45, 7) is 5.74. The molecule has 0 aromatic carbocycles. The molecule has 20 heavy (non-hydrogen) atoms. The zero-order valence-corrected chi connectivity index (χ0v) is 12.9. The number of Topliss-reactive ketones (excluding diaryl/α,β-unsaturated/α-hetero) is 1. The number of hydrogen-bond donors (Lipinski definition) is 1. The van der Waals surface area contributed by atoms with E-state index in [1.54, 1.807) is 0 Å². The van der Waals surface area contributed by atoms with Crippen molar-refractivity contribution in [2.75, 3.05) is 19.6 Å². The van der Waals surface area contributed by atoms with Crippen molar-refractivity contribution in [1.29, 1.82) is 0 Å². The van der Waals surface area contributed by atoms with E-state index in [4.69, 9.17) is 0 Å². The number of carbonyl (C=O) groups excluding carboxylic acids is 1. The van der Waals surface area contributed by atoms with Crippen LogP contribution < -0.4 is 5.32 Å². The van der Waals surface area contributed by atoms with Crippen LogP contribution >= 0.6 is 0 Å². The summed E-state index contributed by atoms with van der Waals surface area (Å²) in [4.78, 5) is 15.5. The van der Waals surface area contributed by atoms with E-state index in [1.165, 1.54) is 32.1 Å². The van der Waals surface area contributed by atoms with E-state index in [2.05, 4.69) is 17.1 Å². The van der Waals surface area contributed by atoms with Crippen LogP contribution in [-0.2, 0) is 4.79 Å². The predicted octanol–water partition coefficient (Wildman–Crippen LogP) is 2.60. The summed E-state index contributed by atoms with van der Waals surface area (Å²) < 4.78 is 0. The molecule has 0 aromatic rings. The first-order chi connectivity index (χ1) is 9.75. The third-order valence-corrected chi connectivity index (χ3v) is 5.82. The third-order valence-electron chi connectivity index (χ3n) is 5.82. The Hall–Kier alpha value is -0.410. The minimum absolute atomic E-state index is 0.261. The number of rotatable bonds is 3. The first-order valence-corrected chi connectivity index (χ1v) is 8.76. The summed E-state index contributed by atoms with van der Waals surface area (Å²) >= 11 is 0. The fraction of sp³-hybridized carbons (Fsp3) is 0.941. The van der Waals surface area contributed by atoms with E-state index in [9.17, 15) is 4.79 Å². The summed E-state index contributed by atoms with van der Waals surface area (Å²) in [5.41, 5.74) is 0. The second kappa shape index (κ2) is 6.57. The maximum Gasteiger partial charge on any atom is 0.153 e. The molecule has 2 aliphatic heterocycles. The van der Waals surface area contributed by atoms with Gasteiger partial charge in [-0.3, -0.25) is 9.69 Å². The normalized spacial score (nSPS) is 37.1. The van der Waals surface area contributed by atoms with Crippen molar-refractivity contribution in [2.24, 2.45) is 11.8 Å². The van der Waals surface area contributed by atoms with Gasteiger partial charge in [0.2, 0.25) is 0 Å². The van der Waals surface area contributed by atoms with Crippen LogP contribution in [0.1, 0.15) is 58.3 Å². The molecule has 2 heterocycles. The van der Waals surface area contributed by atoms with Crippen molar-refractivity contribution in [2.45, 2.75) is 70.4 Å². The lowest BCUT2D eigenvalue weighted by molar-refractivity contribution is -0.129. The average Bonchev–Trinajstić information content (AvgIpc) is 2.97. The van der Waals surface area contributed by atoms with Gasteiger partial charge in [-0.2, -0.15) is 0 Å². The molecule has 0 bridgehead atoms. The van der Waals surface area contributed by atoms with Gasteiger partial charge in [-0.1, -0.05) is 19.8 Å². The largest absolute Gasteiger partial charge is 0.317 e. The minimum Gasteiger partial charge on any atom is -0.317 e. The Morgan fingerprint density at radius 1 is 1.00 bits per heavy atom. The van der Waals surface area contributed by atoms with Gasteiger partial charge in [0, 0.05) is 12.0 Å². The molecule has 3 aliphatic rings. The van der Waals surface area contributed by atoms with Gasteiger partial charge in [0.25, 0.3) is 0 Å². The van der Waals surface area contributed by atoms with Crippen molar-refractivity contribution < 1.29 is 4.79 Å². The molecule has 2 saturated heterocycles. The van der Waals surface area contributed by atoms with Crippen molar-refractivity contribution in [1.82, 2.24) is 10.2 Å². The molecular formula is C17H30N2O. The van der Waals surface area contributed by atoms with Crippen LogP contribution in [0.4, 0.5) is 0 Å². The van der Waals surface area contributed by atoms with Gasteiger partial charge in [-0.05, 0) is 64.1 Å². The van der Waals surface area contributed by atoms with Gasteiger partial charge >= 0.3 is 0 Å². The van der Waals surface area contributed by atoms with E-state index >= 15 is 0 Å². The van der Waals surface area contributed by atoms with E-state index in [1.807, 2.05) is 0 Å². The number of piperidine rings is 1. The van der Waals surface area contributed by atoms with Crippen LogP contribution in [-0.4, -0.2) is 42.4 Å². The highest BCUT2D eigenvalue weighted by molar-refractivity contribution is 5.86. The quantitative estimate of drug-likeness (QED) is 0.861. The van der Waals surface area contributed by atoms with Crippen molar-refractivity contribution in [3.63, 3.8) is 0 Å². The Kier molecular flexibility index (Phi) is 4.77. The minimum atomic E-state index is 0.261. The topological polar surface area (TPSA) is 32.3 Å². The van der Waals surface area contributed by atoms with Crippen LogP contribution in [0.2, 0.25) is 0 Å². The van der Waals surface area contributed by atoms with E-state index in [0.29, 0.717) is 17.7 Å². The first-order valence-electron chi connectivity index (χ1n) is 8.76. The Labute approximate surface area is 123 Å². The van der Waals surface area contributed by atoms with Gasteiger partial charge in [0.05, 0.1) is 6.04 Å². The lowest BCUT2D eigenvalue weighted by atomic mass is 9.79. The number of nitrogens with one attached hydrogen (secondary N) is 1. The van der Waals surface area contributed by atoms with E-state index < -0.39 is 0 Å². The molecule has 114 valence electrons. The molecule has 3 rings (SSSR count). The van der Waals surface area contributed by atoms with Crippen LogP contribution in [0.15, 0.2) is 0 Å². The van der Waals surface area contributed by atoms with Crippen molar-refractivity contribution in [3.8, 4) is 0 Å². The Balaban J connectivity index is 1.60. The summed E-state index contributed by atoms with van der Waals surface area (Å²) in [5.74, 6) is 1.80. The summed E-state index contributed by atoms with van der Waals surface area (Å²) in [6, 6.07) is 0.923. The molecule has 1 aliphatic carbocycles. The molecular weight excluding hydrogens is 248 g/mol. The second-order valence-electron chi connectivity index (χ2n) is 7.24. The molecule has 0 radical (unpaired) electrons. The second-order valence-corrected chi connectivity index (χ2v) is 7.24. The smallest absolute Gasteiger partial charge is 0.153 e. The Morgan fingerprint density at radius 2 is 1.70 bits per heavy atom. The summed E-state index contributed by atoms with van der Waals surface area (Å²) in [7, 11) is 0. The maximum absolute atomic E-state index is 12.9. The Morgan fingerprint density at radius 3 is 2.40 bits per heavy atom. The molecule has 0 spiro atoms. The van der Waals surface area contributed by atoms with E-state index in [-0.39, 0.29) is 6.04 Å². The zero-order valence-electron chi connectivity index (χ0n) is 12.9. The SMILES string of the molecule is CC1CCC(C(=O)C2CCCN2C2CCNCC2)CC1. The van der Waals surface area contributed by atoms with Gasteiger partial charge in [0.15, 0.2) is 5.78 Å². The van der Waals surface area contributed by atoms with Crippen LogP contribution in [0.5, 0.6) is 0 Å². The van der Waals surface area contributed by atoms with Gasteiger partial charge < -0.3 is 5.32 Å². The molecule has 3 heteroatoms.